The molecule has 2 atom stereocenters. The number of ether oxygens (including phenoxy) is 2. The van der Waals surface area contributed by atoms with Gasteiger partial charge in [-0.3, -0.25) is 9.78 Å². The van der Waals surface area contributed by atoms with Gasteiger partial charge in [-0.15, -0.1) is 0 Å². The monoisotopic (exact) mass is 370 g/mol. The number of aromatic nitrogens is 1. The molecule has 1 aromatic carbocycles. The van der Waals surface area contributed by atoms with Crippen LogP contribution in [0.1, 0.15) is 52.9 Å². The predicted molar refractivity (Wildman–Crippen MR) is 108 cm³/mol. The van der Waals surface area contributed by atoms with Crippen molar-refractivity contribution in [2.45, 2.75) is 58.5 Å². The summed E-state index contributed by atoms with van der Waals surface area (Å²) in [7, 11) is 0. The first-order chi connectivity index (χ1) is 13.1. The van der Waals surface area contributed by atoms with E-state index in [9.17, 15) is 4.79 Å². The Morgan fingerprint density at radius 2 is 2.19 bits per heavy atom. The van der Waals surface area contributed by atoms with Gasteiger partial charge in [-0.25, -0.2) is 0 Å². The first-order valence-corrected chi connectivity index (χ1v) is 10.1. The Balaban J connectivity index is 1.91. The number of carbonyl (C=O) groups excluding carboxylic acids is 1. The fourth-order valence-corrected chi connectivity index (χ4v) is 3.97. The molecule has 1 heterocycles. The lowest BCUT2D eigenvalue weighted by molar-refractivity contribution is -0.148. The number of benzene rings is 1. The van der Waals surface area contributed by atoms with Crippen LogP contribution < -0.4 is 10.1 Å². The molecule has 3 rings (SSSR count). The Morgan fingerprint density at radius 3 is 2.93 bits per heavy atom. The van der Waals surface area contributed by atoms with Crippen molar-refractivity contribution in [3.05, 3.63) is 30.5 Å². The van der Waals surface area contributed by atoms with E-state index in [2.05, 4.69) is 24.1 Å². The minimum Gasteiger partial charge on any atom is -0.492 e. The third-order valence-electron chi connectivity index (χ3n) is 5.23. The zero-order chi connectivity index (χ0) is 19.3. The molecular weight excluding hydrogens is 340 g/mol. The number of amides is 1. The number of fused-ring (bicyclic) bond motifs is 1. The summed E-state index contributed by atoms with van der Waals surface area (Å²) in [6, 6.07) is 7.60. The Hall–Kier alpha value is -2.14. The maximum Gasteiger partial charge on any atom is 0.256 e. The number of rotatable bonds is 7. The molecule has 0 spiro atoms. The zero-order valence-electron chi connectivity index (χ0n) is 16.6. The summed E-state index contributed by atoms with van der Waals surface area (Å²) < 4.78 is 11.8. The highest BCUT2D eigenvalue weighted by Gasteiger charge is 2.42. The molecule has 2 aromatic rings. The lowest BCUT2D eigenvalue weighted by atomic mass is 9.78. The van der Waals surface area contributed by atoms with Crippen molar-refractivity contribution in [3.8, 4) is 5.75 Å². The van der Waals surface area contributed by atoms with Crippen LogP contribution in [0.3, 0.4) is 0 Å². The van der Waals surface area contributed by atoms with E-state index in [1.807, 2.05) is 31.2 Å². The summed E-state index contributed by atoms with van der Waals surface area (Å²) in [5.41, 5.74) is 0.780. The third kappa shape index (κ3) is 4.24. The van der Waals surface area contributed by atoms with Crippen molar-refractivity contribution < 1.29 is 14.3 Å². The van der Waals surface area contributed by atoms with Gasteiger partial charge in [-0.1, -0.05) is 20.3 Å². The molecule has 1 aromatic heterocycles. The average molecular weight is 370 g/mol. The molecule has 1 fully saturated rings. The van der Waals surface area contributed by atoms with Gasteiger partial charge >= 0.3 is 0 Å². The minimum atomic E-state index is -0.735. The lowest BCUT2D eigenvalue weighted by Crippen LogP contribution is -2.48. The second-order valence-electron chi connectivity index (χ2n) is 7.44. The van der Waals surface area contributed by atoms with E-state index in [4.69, 9.17) is 9.47 Å². The Bertz CT molecular complexity index is 792. The predicted octanol–water partition coefficient (Wildman–Crippen LogP) is 4.95. The normalized spacial score (nSPS) is 22.6. The van der Waals surface area contributed by atoms with Gasteiger partial charge < -0.3 is 14.8 Å². The van der Waals surface area contributed by atoms with Crippen molar-refractivity contribution in [2.75, 3.05) is 18.5 Å². The Morgan fingerprint density at radius 1 is 1.33 bits per heavy atom. The van der Waals surface area contributed by atoms with Crippen LogP contribution in [-0.4, -0.2) is 29.7 Å². The lowest BCUT2D eigenvalue weighted by Gasteiger charge is -2.38. The molecule has 1 aliphatic rings. The molecule has 1 aliphatic carbocycles. The van der Waals surface area contributed by atoms with Gasteiger partial charge in [0, 0.05) is 18.2 Å². The van der Waals surface area contributed by atoms with Crippen LogP contribution in [0.25, 0.3) is 10.9 Å². The molecule has 0 bridgehead atoms. The average Bonchev–Trinajstić information content (AvgIpc) is 2.68. The van der Waals surface area contributed by atoms with E-state index in [1.165, 1.54) is 0 Å². The molecule has 27 heavy (non-hydrogen) atoms. The largest absolute Gasteiger partial charge is 0.492 e. The van der Waals surface area contributed by atoms with E-state index in [0.29, 0.717) is 19.1 Å². The van der Waals surface area contributed by atoms with Crippen molar-refractivity contribution in [1.82, 2.24) is 4.98 Å². The maximum atomic E-state index is 13.3. The molecule has 5 nitrogen and oxygen atoms in total. The molecule has 0 saturated heterocycles. The quantitative estimate of drug-likeness (QED) is 0.749. The van der Waals surface area contributed by atoms with Gasteiger partial charge in [0.05, 0.1) is 12.3 Å². The van der Waals surface area contributed by atoms with E-state index >= 15 is 0 Å². The van der Waals surface area contributed by atoms with Gasteiger partial charge in [0.25, 0.3) is 5.91 Å². The summed E-state index contributed by atoms with van der Waals surface area (Å²) in [6.45, 7) is 7.40. The third-order valence-corrected chi connectivity index (χ3v) is 5.23. The van der Waals surface area contributed by atoms with Crippen molar-refractivity contribution in [3.63, 3.8) is 0 Å². The van der Waals surface area contributed by atoms with Crippen molar-refractivity contribution >= 4 is 22.5 Å². The molecular formula is C22H30N2O3. The molecule has 1 saturated carbocycles. The fraction of sp³-hybridized carbons (Fsp3) is 0.545. The van der Waals surface area contributed by atoms with Gasteiger partial charge in [-0.2, -0.15) is 0 Å². The van der Waals surface area contributed by atoms with Gasteiger partial charge in [0.15, 0.2) is 0 Å². The number of pyridine rings is 1. The molecule has 0 aliphatic heterocycles. The number of hydrogen-bond acceptors (Lipinski definition) is 4. The van der Waals surface area contributed by atoms with E-state index in [-0.39, 0.29) is 5.91 Å². The smallest absolute Gasteiger partial charge is 0.256 e. The van der Waals surface area contributed by atoms with Gasteiger partial charge in [-0.05, 0) is 62.8 Å². The number of nitrogens with one attached hydrogen (secondary N) is 1. The molecule has 146 valence electrons. The summed E-state index contributed by atoms with van der Waals surface area (Å²) in [5.74, 6) is 1.17. The fourth-order valence-electron chi connectivity index (χ4n) is 3.97. The number of anilines is 1. The Kier molecular flexibility index (Phi) is 6.32. The van der Waals surface area contributed by atoms with Gasteiger partial charge in [0.1, 0.15) is 16.9 Å². The molecule has 1 N–H and O–H groups in total. The van der Waals surface area contributed by atoms with E-state index < -0.39 is 5.60 Å². The van der Waals surface area contributed by atoms with Crippen LogP contribution in [0.2, 0.25) is 0 Å². The highest BCUT2D eigenvalue weighted by Crippen LogP contribution is 2.37. The first kappa shape index (κ1) is 19.6. The summed E-state index contributed by atoms with van der Waals surface area (Å²) >= 11 is 0. The second-order valence-corrected chi connectivity index (χ2v) is 7.44. The minimum absolute atomic E-state index is 0.0446. The number of carbonyl (C=O) groups is 1. The summed E-state index contributed by atoms with van der Waals surface area (Å²) in [6.07, 6.45) is 6.36. The van der Waals surface area contributed by atoms with E-state index in [1.54, 1.807) is 6.20 Å². The van der Waals surface area contributed by atoms with Crippen LogP contribution in [-0.2, 0) is 9.53 Å². The van der Waals surface area contributed by atoms with Crippen LogP contribution >= 0.6 is 0 Å². The highest BCUT2D eigenvalue weighted by molar-refractivity contribution is 6.05. The SMILES string of the molecule is CCCO[C@]1(C(=O)Nc2ccc(OCC)c3ncccc23)CCC[C@@H](C)C1. The summed E-state index contributed by atoms with van der Waals surface area (Å²) in [5, 5.41) is 4.02. The van der Waals surface area contributed by atoms with Crippen LogP contribution in [0.4, 0.5) is 5.69 Å². The summed E-state index contributed by atoms with van der Waals surface area (Å²) in [4.78, 5) is 17.8. The zero-order valence-corrected chi connectivity index (χ0v) is 16.6. The number of nitrogens with zero attached hydrogens (tertiary/aromatic N) is 1. The van der Waals surface area contributed by atoms with Crippen LogP contribution in [0, 0.1) is 5.92 Å². The first-order valence-electron chi connectivity index (χ1n) is 10.1. The Labute approximate surface area is 161 Å². The molecule has 1 amide bonds. The van der Waals surface area contributed by atoms with Crippen LogP contribution in [0.5, 0.6) is 5.75 Å². The molecule has 0 radical (unpaired) electrons. The van der Waals surface area contributed by atoms with Gasteiger partial charge in [0.2, 0.25) is 0 Å². The van der Waals surface area contributed by atoms with Crippen molar-refractivity contribution in [1.29, 1.82) is 0 Å². The topological polar surface area (TPSA) is 60.5 Å². The second kappa shape index (κ2) is 8.70. The number of hydrogen-bond donors (Lipinski definition) is 1. The van der Waals surface area contributed by atoms with Crippen molar-refractivity contribution in [2.24, 2.45) is 5.92 Å². The molecule has 5 heteroatoms. The van der Waals surface area contributed by atoms with E-state index in [0.717, 1.165) is 54.4 Å². The maximum absolute atomic E-state index is 13.3. The molecule has 0 unspecified atom stereocenters. The highest BCUT2D eigenvalue weighted by atomic mass is 16.5. The standard InChI is InChI=1S/C22H30N2O3/c1-4-14-27-22(12-6-8-16(3)15-22)21(25)24-18-10-11-19(26-5-2)20-17(18)9-7-13-23-20/h7,9-11,13,16H,4-6,8,12,14-15H2,1-3H3,(H,24,25)/t16-,22-/m1/s1. The van der Waals surface area contributed by atoms with Crippen LogP contribution in [0.15, 0.2) is 30.5 Å².